The van der Waals surface area contributed by atoms with Crippen LogP contribution < -0.4 is 10.2 Å². The number of rotatable bonds is 4. The molecular formula is C24H44N4OS. The lowest BCUT2D eigenvalue weighted by Crippen LogP contribution is -2.33. The summed E-state index contributed by atoms with van der Waals surface area (Å²) in [6.45, 7) is 14.0. The van der Waals surface area contributed by atoms with Crippen molar-refractivity contribution in [1.82, 2.24) is 8.87 Å². The number of hydrogen-bond donors (Lipinski definition) is 3. The SMILES string of the molecule is C=CC.CC.CC.CN(S)C(=N)n1cc(C2CC2)c(OCC2CCCCC2)cc1=N. The van der Waals surface area contributed by atoms with Crippen LogP contribution in [0.3, 0.4) is 0 Å². The van der Waals surface area contributed by atoms with E-state index in [-0.39, 0.29) is 11.4 Å². The summed E-state index contributed by atoms with van der Waals surface area (Å²) in [5, 5.41) is 16.3. The summed E-state index contributed by atoms with van der Waals surface area (Å²) in [6, 6.07) is 1.77. The zero-order valence-electron chi connectivity index (χ0n) is 20.0. The Balaban J connectivity index is 0.00000108. The molecule has 0 amide bonds. The molecule has 2 aliphatic rings. The van der Waals surface area contributed by atoms with Crippen LogP contribution in [-0.4, -0.2) is 28.5 Å². The van der Waals surface area contributed by atoms with Gasteiger partial charge in [-0.3, -0.25) is 19.7 Å². The van der Waals surface area contributed by atoms with Crippen molar-refractivity contribution in [2.24, 2.45) is 5.92 Å². The van der Waals surface area contributed by atoms with Crippen molar-refractivity contribution in [2.45, 2.75) is 85.5 Å². The molecule has 2 aliphatic carbocycles. The first-order valence-electron chi connectivity index (χ1n) is 11.5. The van der Waals surface area contributed by atoms with E-state index in [4.69, 9.17) is 15.6 Å². The van der Waals surface area contributed by atoms with Gasteiger partial charge in [-0.1, -0.05) is 65.8 Å². The highest BCUT2D eigenvalue weighted by molar-refractivity contribution is 7.78. The molecule has 0 aromatic carbocycles. The third-order valence-corrected chi connectivity index (χ3v) is 5.02. The molecular weight excluding hydrogens is 392 g/mol. The van der Waals surface area contributed by atoms with Gasteiger partial charge in [-0.05, 0) is 44.4 Å². The lowest BCUT2D eigenvalue weighted by molar-refractivity contribution is 0.207. The standard InChI is InChI=1S/C17H26N4OS.C3H6.2C2H6/c1-20(23)17(19)21-10-14(13-7-8-13)15(9-16(21)18)22-11-12-5-3-2-4-6-12;1-3-2;2*1-2/h9-10,12-13,18-19,23H,2-8,11H2,1H3;3H,1H2,2H3;2*1-2H3. The summed E-state index contributed by atoms with van der Waals surface area (Å²) in [4.78, 5) is 0. The van der Waals surface area contributed by atoms with Crippen molar-refractivity contribution in [3.8, 4) is 5.75 Å². The number of thiol groups is 1. The Morgan fingerprint density at radius 2 is 1.73 bits per heavy atom. The third-order valence-electron chi connectivity index (χ3n) is 4.83. The monoisotopic (exact) mass is 436 g/mol. The molecule has 1 heterocycles. The average Bonchev–Trinajstić information content (AvgIpc) is 3.61. The van der Waals surface area contributed by atoms with Crippen molar-refractivity contribution in [3.05, 3.63) is 36.0 Å². The van der Waals surface area contributed by atoms with Crippen molar-refractivity contribution < 1.29 is 4.74 Å². The number of ether oxygens (including phenoxy) is 1. The fraction of sp³-hybridized carbons (Fsp3) is 0.667. The first kappa shape index (κ1) is 28.3. The van der Waals surface area contributed by atoms with Crippen LogP contribution in [0.4, 0.5) is 0 Å². The van der Waals surface area contributed by atoms with Crippen LogP contribution in [0, 0.1) is 16.7 Å². The maximum Gasteiger partial charge on any atom is 0.213 e. The van der Waals surface area contributed by atoms with Crippen LogP contribution in [0.25, 0.3) is 0 Å². The minimum absolute atomic E-state index is 0.180. The van der Waals surface area contributed by atoms with E-state index in [2.05, 4.69) is 19.4 Å². The molecule has 0 bridgehead atoms. The van der Waals surface area contributed by atoms with Crippen LogP contribution in [0.15, 0.2) is 24.9 Å². The summed E-state index contributed by atoms with van der Waals surface area (Å²) in [7, 11) is 1.70. The largest absolute Gasteiger partial charge is 0.493 e. The number of nitrogens with one attached hydrogen (secondary N) is 2. The van der Waals surface area contributed by atoms with E-state index in [1.165, 1.54) is 49.3 Å². The predicted molar refractivity (Wildman–Crippen MR) is 133 cm³/mol. The Kier molecular flexibility index (Phi) is 15.2. The van der Waals surface area contributed by atoms with E-state index in [0.29, 0.717) is 11.8 Å². The van der Waals surface area contributed by atoms with Gasteiger partial charge < -0.3 is 4.74 Å². The zero-order valence-corrected chi connectivity index (χ0v) is 20.9. The van der Waals surface area contributed by atoms with Gasteiger partial charge in [-0.15, -0.1) is 6.58 Å². The summed E-state index contributed by atoms with van der Waals surface area (Å²) in [6.07, 6.45) is 12.5. The minimum Gasteiger partial charge on any atom is -0.493 e. The normalized spacial score (nSPS) is 15.2. The lowest BCUT2D eigenvalue weighted by Gasteiger charge is -2.23. The molecule has 0 unspecified atom stereocenters. The third kappa shape index (κ3) is 9.41. The molecule has 1 aromatic heterocycles. The Morgan fingerprint density at radius 1 is 1.20 bits per heavy atom. The van der Waals surface area contributed by atoms with E-state index >= 15 is 0 Å². The number of aromatic nitrogens is 1. The summed E-state index contributed by atoms with van der Waals surface area (Å²) >= 11 is 4.16. The van der Waals surface area contributed by atoms with Crippen LogP contribution >= 0.6 is 12.8 Å². The van der Waals surface area contributed by atoms with Crippen LogP contribution in [0.2, 0.25) is 0 Å². The maximum absolute atomic E-state index is 8.20. The summed E-state index contributed by atoms with van der Waals surface area (Å²) in [5.41, 5.74) is 1.40. The molecule has 0 atom stereocenters. The van der Waals surface area contributed by atoms with Crippen LogP contribution in [-0.2, 0) is 0 Å². The van der Waals surface area contributed by atoms with Gasteiger partial charge >= 0.3 is 0 Å². The molecule has 2 fully saturated rings. The van der Waals surface area contributed by atoms with E-state index in [0.717, 1.165) is 17.9 Å². The van der Waals surface area contributed by atoms with Gasteiger partial charge in [0.05, 0.1) is 6.61 Å². The zero-order chi connectivity index (χ0) is 23.1. The Morgan fingerprint density at radius 3 is 2.20 bits per heavy atom. The number of nitrogens with zero attached hydrogens (tertiary/aromatic N) is 2. The average molecular weight is 437 g/mol. The van der Waals surface area contributed by atoms with E-state index in [1.54, 1.807) is 23.8 Å². The van der Waals surface area contributed by atoms with Gasteiger partial charge in [-0.2, -0.15) is 0 Å². The highest BCUT2D eigenvalue weighted by atomic mass is 32.1. The molecule has 6 heteroatoms. The highest BCUT2D eigenvalue weighted by Crippen LogP contribution is 2.44. The second-order valence-corrected chi connectivity index (χ2v) is 7.79. The van der Waals surface area contributed by atoms with Gasteiger partial charge in [0.25, 0.3) is 0 Å². The van der Waals surface area contributed by atoms with Crippen molar-refractivity contribution >= 4 is 18.8 Å². The Bertz CT molecular complexity index is 674. The van der Waals surface area contributed by atoms with Crippen LogP contribution in [0.5, 0.6) is 5.75 Å². The minimum atomic E-state index is 0.180. The summed E-state index contributed by atoms with van der Waals surface area (Å²) < 4.78 is 9.10. The second-order valence-electron chi connectivity index (χ2n) is 7.19. The number of hydrogen-bond acceptors (Lipinski definition) is 4. The van der Waals surface area contributed by atoms with Gasteiger partial charge in [0.15, 0.2) is 0 Å². The van der Waals surface area contributed by atoms with Crippen molar-refractivity contribution in [3.63, 3.8) is 0 Å². The van der Waals surface area contributed by atoms with Gasteiger partial charge in [0, 0.05) is 24.9 Å². The smallest absolute Gasteiger partial charge is 0.213 e. The highest BCUT2D eigenvalue weighted by Gasteiger charge is 2.28. The molecule has 172 valence electrons. The molecule has 0 saturated heterocycles. The first-order valence-corrected chi connectivity index (χ1v) is 11.9. The van der Waals surface area contributed by atoms with E-state index < -0.39 is 0 Å². The molecule has 2 saturated carbocycles. The summed E-state index contributed by atoms with van der Waals surface area (Å²) in [5.74, 6) is 2.19. The number of pyridine rings is 1. The molecule has 2 N–H and O–H groups in total. The quantitative estimate of drug-likeness (QED) is 0.215. The van der Waals surface area contributed by atoms with Gasteiger partial charge in [-0.25, -0.2) is 0 Å². The lowest BCUT2D eigenvalue weighted by atomic mass is 9.90. The van der Waals surface area contributed by atoms with Crippen LogP contribution in [0.1, 0.15) is 91.0 Å². The first-order chi connectivity index (χ1) is 14.5. The van der Waals surface area contributed by atoms with E-state index in [1.807, 2.05) is 40.8 Å². The molecule has 0 radical (unpaired) electrons. The topological polar surface area (TPSA) is 65.1 Å². The Hall–Kier alpha value is -1.69. The van der Waals surface area contributed by atoms with Gasteiger partial charge in [0.2, 0.25) is 5.96 Å². The van der Waals surface area contributed by atoms with E-state index in [9.17, 15) is 0 Å². The maximum atomic E-state index is 8.20. The molecule has 5 nitrogen and oxygen atoms in total. The molecule has 1 aromatic rings. The van der Waals surface area contributed by atoms with Crippen molar-refractivity contribution in [1.29, 1.82) is 10.8 Å². The predicted octanol–water partition coefficient (Wildman–Crippen LogP) is 6.61. The molecule has 3 rings (SSSR count). The fourth-order valence-corrected chi connectivity index (χ4v) is 3.36. The Labute approximate surface area is 190 Å². The van der Waals surface area contributed by atoms with Crippen molar-refractivity contribution in [2.75, 3.05) is 13.7 Å². The molecule has 0 aliphatic heterocycles. The molecule has 30 heavy (non-hydrogen) atoms. The molecule has 0 spiro atoms. The fourth-order valence-electron chi connectivity index (χ4n) is 3.27. The second kappa shape index (κ2) is 16.1. The van der Waals surface area contributed by atoms with Gasteiger partial charge in [0.1, 0.15) is 11.2 Å². The number of allylic oxidation sites excluding steroid dienone is 1.